The number of aliphatic imine (C=N–C) groups is 4. The van der Waals surface area contributed by atoms with Crippen LogP contribution in [0.5, 0.6) is 23.0 Å². The number of hydrogen-bond donors (Lipinski definition) is 0. The molecule has 4 aromatic rings. The van der Waals surface area contributed by atoms with Gasteiger partial charge in [0.1, 0.15) is 23.0 Å². The Bertz CT molecular complexity index is 3300. The number of allylic oxidation sites excluding steroid dienone is 12. The SMILES string of the molecule is CCCCCCCCCCCCCOc1ccc(C2=C3C=CC(=N3)C(c3ccc(OCCC[N+](C)(C)C)cc3)=C3C=CC(=N3)C(c3ccc(OCCC[N+](C)(C)C)cc3)=C3C=CC(=N3)C(c3ccc(OCCC[N+](C)(C)C)cc3)=C3C=CC2=N3)cc1. The van der Waals surface area contributed by atoms with Crippen LogP contribution in [-0.4, -0.2) is 146 Å². The van der Waals surface area contributed by atoms with Crippen LogP contribution in [0, 0.1) is 0 Å². The Morgan fingerprint density at radius 2 is 0.488 bits per heavy atom. The Hall–Kier alpha value is -7.44. The highest BCUT2D eigenvalue weighted by Gasteiger charge is 2.28. The molecule has 0 radical (unpaired) electrons. The van der Waals surface area contributed by atoms with E-state index < -0.39 is 0 Å². The van der Waals surface area contributed by atoms with Crippen molar-refractivity contribution in [2.24, 2.45) is 20.0 Å². The second-order valence-electron chi connectivity index (χ2n) is 26.5. The van der Waals surface area contributed by atoms with Gasteiger partial charge in [-0.3, -0.25) is 0 Å². The molecule has 86 heavy (non-hydrogen) atoms. The summed E-state index contributed by atoms with van der Waals surface area (Å²) in [4.78, 5) is 22.2. The Labute approximate surface area is 515 Å². The number of rotatable bonds is 32. The third-order valence-electron chi connectivity index (χ3n) is 15.9. The van der Waals surface area contributed by atoms with Gasteiger partial charge in [0, 0.05) is 41.6 Å². The average molecular weight is 1160 g/mol. The molecule has 11 heteroatoms. The van der Waals surface area contributed by atoms with Gasteiger partial charge in [-0.1, -0.05) is 120 Å². The minimum atomic E-state index is 0.645. The molecular weight excluding hydrogens is 1060 g/mol. The molecule has 11 nitrogen and oxygen atoms in total. The number of quaternary nitrogens is 3. The van der Waals surface area contributed by atoms with Crippen molar-refractivity contribution in [3.8, 4) is 23.0 Å². The van der Waals surface area contributed by atoms with Crippen molar-refractivity contribution >= 4 is 45.1 Å². The summed E-state index contributed by atoms with van der Waals surface area (Å²) in [5.74, 6) is 3.35. The summed E-state index contributed by atoms with van der Waals surface area (Å²) in [6, 6.07) is 33.7. The normalized spacial score (nSPS) is 15.7. The number of hydrogen-bond acceptors (Lipinski definition) is 8. The molecule has 5 aliphatic rings. The third kappa shape index (κ3) is 18.3. The van der Waals surface area contributed by atoms with Gasteiger partial charge in [0.25, 0.3) is 0 Å². The summed E-state index contributed by atoms with van der Waals surface area (Å²) in [7, 11) is 19.9. The Kier molecular flexibility index (Phi) is 21.8. The molecule has 0 aromatic heterocycles. The van der Waals surface area contributed by atoms with Crippen molar-refractivity contribution in [2.75, 3.05) is 109 Å². The molecule has 4 aromatic carbocycles. The summed E-state index contributed by atoms with van der Waals surface area (Å²) in [5.41, 5.74) is 14.0. The largest absolute Gasteiger partial charge is 0.494 e. The first-order chi connectivity index (χ1) is 41.5. The summed E-state index contributed by atoms with van der Waals surface area (Å²) in [6.07, 6.45) is 34.2. The standard InChI is InChI=1S/C75H96N7O4/c1-11-12-13-14-15-16-17-18-19-20-21-52-83-60-33-25-56(26-34-60)72-64-41-43-66(76-64)73(57-27-35-61(36-28-57)84-53-22-49-80(2,3)4)68-45-47-70(78-68)75(59-31-39-63(40-32-59)86-55-24-51-82(8,9)10)71-48-46-69(79-71)74(67-44-42-65(72)77-67)58-29-37-62(38-30-58)85-54-23-50-81(5,6)7/h25-48H,11-24,49-55H2,1-10H3/q+3. The molecule has 9 rings (SSSR count). The molecule has 0 aliphatic carbocycles. The maximum Gasteiger partial charge on any atom is 0.119 e. The molecule has 0 fully saturated rings. The monoisotopic (exact) mass is 1160 g/mol. The van der Waals surface area contributed by atoms with Crippen LogP contribution in [0.4, 0.5) is 0 Å². The van der Waals surface area contributed by atoms with E-state index in [1.807, 2.05) is 0 Å². The first kappa shape index (κ1) is 63.1. The van der Waals surface area contributed by atoms with E-state index in [4.69, 9.17) is 38.9 Å². The lowest BCUT2D eigenvalue weighted by Crippen LogP contribution is -2.36. The maximum absolute atomic E-state index is 6.38. The molecule has 0 spiro atoms. The Morgan fingerprint density at radius 1 is 0.267 bits per heavy atom. The molecule has 8 bridgehead atoms. The van der Waals surface area contributed by atoms with Crippen LogP contribution in [0.1, 0.15) is 119 Å². The zero-order valence-electron chi connectivity index (χ0n) is 53.5. The zero-order chi connectivity index (χ0) is 60.5. The summed E-state index contributed by atoms with van der Waals surface area (Å²) in [5, 5.41) is 0. The molecule has 0 saturated heterocycles. The van der Waals surface area contributed by atoms with E-state index in [-0.39, 0.29) is 0 Å². The average Bonchev–Trinajstić information content (AvgIpc) is 2.37. The molecule has 0 amide bonds. The quantitative estimate of drug-likeness (QED) is 0.0360. The van der Waals surface area contributed by atoms with Crippen LogP contribution >= 0.6 is 0 Å². The number of nitrogens with zero attached hydrogens (tertiary/aromatic N) is 7. The fraction of sp³-hybridized carbons (Fsp3) is 0.413. The van der Waals surface area contributed by atoms with Crippen LogP contribution in [0.15, 0.2) is 188 Å². The van der Waals surface area contributed by atoms with Crippen LogP contribution in [0.25, 0.3) is 22.3 Å². The van der Waals surface area contributed by atoms with E-state index in [1.54, 1.807) is 0 Å². The van der Waals surface area contributed by atoms with Gasteiger partial charge in [-0.05, 0) is 126 Å². The first-order valence-corrected chi connectivity index (χ1v) is 31.9. The highest BCUT2D eigenvalue weighted by Crippen LogP contribution is 2.40. The van der Waals surface area contributed by atoms with E-state index in [0.717, 1.165) is 172 Å². The van der Waals surface area contributed by atoms with Gasteiger partial charge in [0.05, 0.1) is 155 Å². The van der Waals surface area contributed by atoms with E-state index in [9.17, 15) is 0 Å². The number of unbranched alkanes of at least 4 members (excludes halogenated alkanes) is 10. The van der Waals surface area contributed by atoms with E-state index in [1.165, 1.54) is 64.2 Å². The van der Waals surface area contributed by atoms with Gasteiger partial charge in [-0.25, -0.2) is 20.0 Å². The van der Waals surface area contributed by atoms with Gasteiger partial charge >= 0.3 is 0 Å². The second-order valence-corrected chi connectivity index (χ2v) is 26.5. The molecular formula is C75H96N7O4+3. The van der Waals surface area contributed by atoms with Crippen molar-refractivity contribution in [1.82, 2.24) is 0 Å². The van der Waals surface area contributed by atoms with E-state index in [0.29, 0.717) is 26.4 Å². The Morgan fingerprint density at radius 3 is 0.721 bits per heavy atom. The van der Waals surface area contributed by atoms with Gasteiger partial charge < -0.3 is 32.4 Å². The summed E-state index contributed by atoms with van der Waals surface area (Å²) >= 11 is 0. The minimum Gasteiger partial charge on any atom is -0.494 e. The van der Waals surface area contributed by atoms with Crippen molar-refractivity contribution in [2.45, 2.75) is 96.8 Å². The van der Waals surface area contributed by atoms with Gasteiger partial charge in [-0.15, -0.1) is 0 Å². The fourth-order valence-electron chi connectivity index (χ4n) is 11.3. The Balaban J connectivity index is 1.10. The minimum absolute atomic E-state index is 0.645. The maximum atomic E-state index is 6.38. The molecule has 5 aliphatic heterocycles. The van der Waals surface area contributed by atoms with E-state index in [2.05, 4.69) is 216 Å². The molecule has 0 unspecified atom stereocenters. The predicted octanol–water partition coefficient (Wildman–Crippen LogP) is 15.8. The lowest BCUT2D eigenvalue weighted by atomic mass is 9.98. The third-order valence-corrected chi connectivity index (χ3v) is 15.9. The van der Waals surface area contributed by atoms with Crippen LogP contribution in [-0.2, 0) is 0 Å². The predicted molar refractivity (Wildman–Crippen MR) is 361 cm³/mol. The molecule has 0 atom stereocenters. The lowest BCUT2D eigenvalue weighted by Gasteiger charge is -2.23. The van der Waals surface area contributed by atoms with Crippen LogP contribution < -0.4 is 18.9 Å². The zero-order valence-corrected chi connectivity index (χ0v) is 53.5. The second kappa shape index (κ2) is 29.8. The highest BCUT2D eigenvalue weighted by atomic mass is 16.5. The topological polar surface area (TPSA) is 86.4 Å². The first-order valence-electron chi connectivity index (χ1n) is 31.9. The fourth-order valence-corrected chi connectivity index (χ4v) is 11.3. The number of fused-ring (bicyclic) bond motifs is 4. The molecule has 5 heterocycles. The van der Waals surface area contributed by atoms with Gasteiger partial charge in [0.2, 0.25) is 0 Å². The van der Waals surface area contributed by atoms with Gasteiger partial charge in [-0.2, -0.15) is 0 Å². The summed E-state index contributed by atoms with van der Waals surface area (Å²) in [6.45, 7) is 8.01. The molecule has 452 valence electrons. The van der Waals surface area contributed by atoms with E-state index >= 15 is 0 Å². The molecule has 0 saturated carbocycles. The highest BCUT2D eigenvalue weighted by molar-refractivity contribution is 6.39. The van der Waals surface area contributed by atoms with Crippen molar-refractivity contribution in [1.29, 1.82) is 0 Å². The number of ether oxygens (including phenoxy) is 4. The summed E-state index contributed by atoms with van der Waals surface area (Å²) < 4.78 is 28.0. The van der Waals surface area contributed by atoms with Crippen LogP contribution in [0.2, 0.25) is 0 Å². The van der Waals surface area contributed by atoms with Crippen molar-refractivity contribution < 1.29 is 32.4 Å². The molecule has 0 N–H and O–H groups in total. The lowest BCUT2D eigenvalue weighted by molar-refractivity contribution is -0.870. The smallest absolute Gasteiger partial charge is 0.119 e. The number of benzene rings is 4. The van der Waals surface area contributed by atoms with Gasteiger partial charge in [0.15, 0.2) is 0 Å². The van der Waals surface area contributed by atoms with Crippen molar-refractivity contribution in [3.63, 3.8) is 0 Å². The van der Waals surface area contributed by atoms with Crippen LogP contribution in [0.3, 0.4) is 0 Å². The van der Waals surface area contributed by atoms with Crippen molar-refractivity contribution in [3.05, 3.63) is 191 Å².